The summed E-state index contributed by atoms with van der Waals surface area (Å²) < 4.78 is 5.03. The van der Waals surface area contributed by atoms with Crippen molar-refractivity contribution in [1.82, 2.24) is 4.90 Å². The molecule has 1 unspecified atom stereocenters. The lowest BCUT2D eigenvalue weighted by molar-refractivity contribution is 0.117. The second-order valence-corrected chi connectivity index (χ2v) is 4.98. The van der Waals surface area contributed by atoms with Crippen molar-refractivity contribution in [3.8, 4) is 0 Å². The molecule has 0 aliphatic heterocycles. The molecule has 0 bridgehead atoms. The number of aliphatic hydroxyl groups is 1. The molecule has 1 aromatic carbocycles. The molecule has 0 spiro atoms. The Morgan fingerprint density at radius 1 is 1.33 bits per heavy atom. The van der Waals surface area contributed by atoms with Crippen LogP contribution in [0.25, 0.3) is 0 Å². The van der Waals surface area contributed by atoms with Crippen LogP contribution in [0, 0.1) is 13.8 Å². The third-order valence-corrected chi connectivity index (χ3v) is 3.17. The predicted molar refractivity (Wildman–Crippen MR) is 74.9 cm³/mol. The first-order valence-corrected chi connectivity index (χ1v) is 6.47. The van der Waals surface area contributed by atoms with Gasteiger partial charge in [0.1, 0.15) is 0 Å². The van der Waals surface area contributed by atoms with Crippen molar-refractivity contribution in [3.05, 3.63) is 34.9 Å². The number of aryl methyl sites for hydroxylation is 2. The lowest BCUT2D eigenvalue weighted by Crippen LogP contribution is -2.26. The molecule has 1 rings (SSSR count). The van der Waals surface area contributed by atoms with E-state index in [1.807, 2.05) is 14.0 Å². The Bertz CT molecular complexity index is 366. The fourth-order valence-corrected chi connectivity index (χ4v) is 2.08. The molecule has 0 saturated carbocycles. The molecule has 102 valence electrons. The zero-order chi connectivity index (χ0) is 13.5. The molecule has 1 N–H and O–H groups in total. The first-order valence-electron chi connectivity index (χ1n) is 6.47. The summed E-state index contributed by atoms with van der Waals surface area (Å²) in [6.45, 7) is 6.47. The number of likely N-dealkylation sites (N-methyl/N-ethyl adjacent to an activating group) is 1. The van der Waals surface area contributed by atoms with Gasteiger partial charge in [-0.1, -0.05) is 23.8 Å². The Morgan fingerprint density at radius 3 is 2.72 bits per heavy atom. The van der Waals surface area contributed by atoms with Crippen molar-refractivity contribution in [1.29, 1.82) is 0 Å². The van der Waals surface area contributed by atoms with Crippen molar-refractivity contribution >= 4 is 0 Å². The standard InChI is InChI=1S/C15H25NO2/c1-12-6-7-13(2)14(10-12)15(17)11-16(3)8-5-9-18-4/h6-7,10,15,17H,5,8-9,11H2,1-4H3. The van der Waals surface area contributed by atoms with E-state index in [1.54, 1.807) is 7.11 Å². The number of ether oxygens (including phenoxy) is 1. The third-order valence-electron chi connectivity index (χ3n) is 3.17. The van der Waals surface area contributed by atoms with Crippen LogP contribution in [0.3, 0.4) is 0 Å². The van der Waals surface area contributed by atoms with Gasteiger partial charge in [0.25, 0.3) is 0 Å². The average molecular weight is 251 g/mol. The van der Waals surface area contributed by atoms with Crippen LogP contribution in [0.4, 0.5) is 0 Å². The van der Waals surface area contributed by atoms with E-state index in [9.17, 15) is 5.11 Å². The number of methoxy groups -OCH3 is 1. The average Bonchev–Trinajstić information content (AvgIpc) is 2.32. The topological polar surface area (TPSA) is 32.7 Å². The van der Waals surface area contributed by atoms with Crippen LogP contribution in [0.2, 0.25) is 0 Å². The van der Waals surface area contributed by atoms with E-state index in [4.69, 9.17) is 4.74 Å². The minimum atomic E-state index is -0.419. The largest absolute Gasteiger partial charge is 0.387 e. The monoisotopic (exact) mass is 251 g/mol. The molecular weight excluding hydrogens is 226 g/mol. The van der Waals surface area contributed by atoms with Gasteiger partial charge in [-0.05, 0) is 38.4 Å². The Morgan fingerprint density at radius 2 is 2.06 bits per heavy atom. The van der Waals surface area contributed by atoms with Gasteiger partial charge in [0.05, 0.1) is 6.10 Å². The van der Waals surface area contributed by atoms with Crippen molar-refractivity contribution in [2.45, 2.75) is 26.4 Å². The lowest BCUT2D eigenvalue weighted by atomic mass is 10.0. The normalized spacial score (nSPS) is 13.0. The summed E-state index contributed by atoms with van der Waals surface area (Å²) in [7, 11) is 3.75. The second-order valence-electron chi connectivity index (χ2n) is 4.98. The van der Waals surface area contributed by atoms with Crippen LogP contribution in [0.1, 0.15) is 29.2 Å². The second kappa shape index (κ2) is 7.52. The summed E-state index contributed by atoms with van der Waals surface area (Å²) in [5.41, 5.74) is 3.38. The van der Waals surface area contributed by atoms with Gasteiger partial charge in [-0.2, -0.15) is 0 Å². The van der Waals surface area contributed by atoms with Crippen molar-refractivity contribution < 1.29 is 9.84 Å². The van der Waals surface area contributed by atoms with Crippen LogP contribution >= 0.6 is 0 Å². The molecule has 3 heteroatoms. The van der Waals surface area contributed by atoms with E-state index >= 15 is 0 Å². The maximum atomic E-state index is 10.3. The Kier molecular flexibility index (Phi) is 6.33. The molecule has 0 fully saturated rings. The lowest BCUT2D eigenvalue weighted by Gasteiger charge is -2.22. The Labute approximate surface area is 110 Å². The van der Waals surface area contributed by atoms with E-state index in [0.717, 1.165) is 30.7 Å². The zero-order valence-electron chi connectivity index (χ0n) is 11.9. The molecule has 3 nitrogen and oxygen atoms in total. The highest BCUT2D eigenvalue weighted by molar-refractivity contribution is 5.32. The van der Waals surface area contributed by atoms with Crippen LogP contribution in [0.5, 0.6) is 0 Å². The Hall–Kier alpha value is -0.900. The maximum Gasteiger partial charge on any atom is 0.0919 e. The molecule has 0 amide bonds. The molecule has 0 aliphatic carbocycles. The number of hydrogen-bond donors (Lipinski definition) is 1. The van der Waals surface area contributed by atoms with Gasteiger partial charge in [-0.25, -0.2) is 0 Å². The number of hydrogen-bond acceptors (Lipinski definition) is 3. The summed E-state index contributed by atoms with van der Waals surface area (Å²) in [4.78, 5) is 2.14. The van der Waals surface area contributed by atoms with Crippen LogP contribution < -0.4 is 0 Å². The van der Waals surface area contributed by atoms with Gasteiger partial charge in [0.2, 0.25) is 0 Å². The molecule has 1 aromatic rings. The predicted octanol–water partition coefficient (Wildman–Crippen LogP) is 2.31. The fraction of sp³-hybridized carbons (Fsp3) is 0.600. The summed E-state index contributed by atoms with van der Waals surface area (Å²) in [5, 5.41) is 10.3. The minimum absolute atomic E-state index is 0.419. The van der Waals surface area contributed by atoms with E-state index in [-0.39, 0.29) is 0 Å². The number of benzene rings is 1. The van der Waals surface area contributed by atoms with E-state index in [0.29, 0.717) is 6.54 Å². The third kappa shape index (κ3) is 4.77. The maximum absolute atomic E-state index is 10.3. The van der Waals surface area contributed by atoms with Gasteiger partial charge in [0, 0.05) is 26.8 Å². The van der Waals surface area contributed by atoms with Gasteiger partial charge < -0.3 is 14.7 Å². The van der Waals surface area contributed by atoms with Crippen LogP contribution in [0.15, 0.2) is 18.2 Å². The van der Waals surface area contributed by atoms with E-state index in [2.05, 4.69) is 30.0 Å². The quantitative estimate of drug-likeness (QED) is 0.755. The number of nitrogens with zero attached hydrogens (tertiary/aromatic N) is 1. The molecule has 18 heavy (non-hydrogen) atoms. The summed E-state index contributed by atoms with van der Waals surface area (Å²) >= 11 is 0. The molecule has 0 aromatic heterocycles. The molecule has 0 saturated heterocycles. The van der Waals surface area contributed by atoms with Crippen molar-refractivity contribution in [2.75, 3.05) is 33.9 Å². The van der Waals surface area contributed by atoms with Crippen LogP contribution in [-0.4, -0.2) is 43.9 Å². The smallest absolute Gasteiger partial charge is 0.0919 e. The van der Waals surface area contributed by atoms with E-state index in [1.165, 1.54) is 5.56 Å². The highest BCUT2D eigenvalue weighted by Gasteiger charge is 2.12. The summed E-state index contributed by atoms with van der Waals surface area (Å²) in [5.74, 6) is 0. The fourth-order valence-electron chi connectivity index (χ4n) is 2.08. The van der Waals surface area contributed by atoms with Gasteiger partial charge in [-0.3, -0.25) is 0 Å². The van der Waals surface area contributed by atoms with Gasteiger partial charge >= 0.3 is 0 Å². The SMILES string of the molecule is COCCCN(C)CC(O)c1cc(C)ccc1C. The number of aliphatic hydroxyl groups excluding tert-OH is 1. The Balaban J connectivity index is 2.53. The minimum Gasteiger partial charge on any atom is -0.387 e. The molecular formula is C15H25NO2. The molecule has 1 atom stereocenters. The first kappa shape index (κ1) is 15.2. The summed E-state index contributed by atoms with van der Waals surface area (Å²) in [6.07, 6.45) is 0.574. The highest BCUT2D eigenvalue weighted by Crippen LogP contribution is 2.19. The van der Waals surface area contributed by atoms with Gasteiger partial charge in [0.15, 0.2) is 0 Å². The first-order chi connectivity index (χ1) is 8.54. The highest BCUT2D eigenvalue weighted by atomic mass is 16.5. The van der Waals surface area contributed by atoms with Crippen molar-refractivity contribution in [3.63, 3.8) is 0 Å². The van der Waals surface area contributed by atoms with E-state index < -0.39 is 6.10 Å². The zero-order valence-corrected chi connectivity index (χ0v) is 11.9. The van der Waals surface area contributed by atoms with Gasteiger partial charge in [-0.15, -0.1) is 0 Å². The van der Waals surface area contributed by atoms with Crippen molar-refractivity contribution in [2.24, 2.45) is 0 Å². The van der Waals surface area contributed by atoms with Crippen LogP contribution in [-0.2, 0) is 4.74 Å². The molecule has 0 aliphatic rings. The number of rotatable bonds is 7. The molecule has 0 radical (unpaired) electrons. The summed E-state index contributed by atoms with van der Waals surface area (Å²) in [6, 6.07) is 6.22. The molecule has 0 heterocycles.